The van der Waals surface area contributed by atoms with Gasteiger partial charge in [-0.25, -0.2) is 27.1 Å². The molecule has 2 heterocycles. The molecule has 2 aromatic carbocycles. The first-order valence-electron chi connectivity index (χ1n) is 10.1. The number of amides is 3. The van der Waals surface area contributed by atoms with Crippen molar-refractivity contribution in [2.24, 2.45) is 5.73 Å². The van der Waals surface area contributed by atoms with Crippen LogP contribution in [0.25, 0.3) is 10.9 Å². The Labute approximate surface area is 189 Å². The van der Waals surface area contributed by atoms with Crippen LogP contribution in [-0.2, 0) is 10.0 Å². The maximum atomic E-state index is 14.2. The Balaban J connectivity index is 1.50. The zero-order chi connectivity index (χ0) is 23.6. The number of para-hydroxylation sites is 1. The molecule has 0 aliphatic carbocycles. The van der Waals surface area contributed by atoms with Gasteiger partial charge in [-0.15, -0.1) is 0 Å². The predicted molar refractivity (Wildman–Crippen MR) is 119 cm³/mol. The molecule has 0 spiro atoms. The number of primary amides is 1. The van der Waals surface area contributed by atoms with E-state index < -0.39 is 34.4 Å². The zero-order valence-electron chi connectivity index (χ0n) is 17.3. The quantitative estimate of drug-likeness (QED) is 0.502. The molecule has 1 saturated heterocycles. The molecule has 1 aliphatic rings. The van der Waals surface area contributed by atoms with Crippen LogP contribution in [0.4, 0.5) is 19.7 Å². The molecule has 2 atom stereocenters. The number of fused-ring (bicyclic) bond motifs is 1. The Morgan fingerprint density at radius 1 is 1.12 bits per heavy atom. The number of urea groups is 1. The summed E-state index contributed by atoms with van der Waals surface area (Å²) < 4.78 is 42.8. The van der Waals surface area contributed by atoms with E-state index in [1.807, 2.05) is 0 Å². The third-order valence-corrected chi connectivity index (χ3v) is 6.73. The van der Waals surface area contributed by atoms with E-state index in [2.05, 4.69) is 10.0 Å². The summed E-state index contributed by atoms with van der Waals surface area (Å²) in [4.78, 5) is 30.4. The molecule has 4 rings (SSSR count). The molecule has 0 unspecified atom stereocenters. The monoisotopic (exact) mass is 475 g/mol. The minimum atomic E-state index is -3.80. The Morgan fingerprint density at radius 2 is 1.82 bits per heavy atom. The minimum Gasteiger partial charge on any atom is -0.333 e. The highest BCUT2D eigenvalue weighted by Gasteiger charge is 2.36. The number of carbonyl (C=O) groups is 2. The normalized spacial score (nSPS) is 18.4. The maximum absolute atomic E-state index is 14.2. The van der Waals surface area contributed by atoms with E-state index in [0.717, 1.165) is 4.73 Å². The number of hydrogen-bond donors (Lipinski definition) is 3. The average Bonchev–Trinajstić information content (AvgIpc) is 3.33. The molecular formula is C21H22FN5O5S. The van der Waals surface area contributed by atoms with Gasteiger partial charge in [0.2, 0.25) is 10.0 Å². The summed E-state index contributed by atoms with van der Waals surface area (Å²) in [5.74, 6) is 0. The maximum Gasteiger partial charge on any atom is 0.429 e. The summed E-state index contributed by atoms with van der Waals surface area (Å²) in [6, 6.07) is 13.3. The number of hydrogen-bond acceptors (Lipinski definition) is 5. The van der Waals surface area contributed by atoms with E-state index in [4.69, 9.17) is 10.6 Å². The van der Waals surface area contributed by atoms with Crippen LogP contribution in [0.1, 0.15) is 6.42 Å². The second kappa shape index (κ2) is 9.08. The van der Waals surface area contributed by atoms with Crippen LogP contribution in [0.2, 0.25) is 0 Å². The highest BCUT2D eigenvalue weighted by atomic mass is 32.2. The van der Waals surface area contributed by atoms with Gasteiger partial charge < -0.3 is 20.8 Å². The number of nitrogens with two attached hydrogens (primary N) is 1. The number of sulfonamides is 1. The average molecular weight is 476 g/mol. The Hall–Kier alpha value is -3.64. The van der Waals surface area contributed by atoms with Crippen LogP contribution in [-0.4, -0.2) is 55.5 Å². The zero-order valence-corrected chi connectivity index (χ0v) is 18.2. The molecular weight excluding hydrogens is 453 g/mol. The largest absolute Gasteiger partial charge is 0.429 e. The molecule has 1 aliphatic heterocycles. The van der Waals surface area contributed by atoms with Crippen LogP contribution in [0.5, 0.6) is 0 Å². The number of carbonyl (C=O) groups excluding carboxylic acids is 2. The van der Waals surface area contributed by atoms with E-state index in [0.29, 0.717) is 16.6 Å². The highest BCUT2D eigenvalue weighted by Crippen LogP contribution is 2.27. The van der Waals surface area contributed by atoms with Crippen molar-refractivity contribution in [1.29, 1.82) is 0 Å². The topological polar surface area (TPSA) is 136 Å². The number of nitrogens with one attached hydrogen (secondary N) is 2. The molecule has 0 radical (unpaired) electrons. The number of benzene rings is 2. The van der Waals surface area contributed by atoms with Crippen molar-refractivity contribution in [3.8, 4) is 0 Å². The number of halogens is 1. The lowest BCUT2D eigenvalue weighted by atomic mass is 10.2. The summed E-state index contributed by atoms with van der Waals surface area (Å²) in [5, 5.41) is 3.26. The molecule has 4 N–H and O–H groups in total. The third-order valence-electron chi connectivity index (χ3n) is 5.29. The van der Waals surface area contributed by atoms with Gasteiger partial charge in [-0.05, 0) is 18.2 Å². The molecule has 0 saturated carbocycles. The minimum absolute atomic E-state index is 0.00270. The number of anilines is 1. The summed E-state index contributed by atoms with van der Waals surface area (Å²) in [5.41, 5.74) is 5.91. The lowest BCUT2D eigenvalue weighted by molar-refractivity contribution is 0.149. The molecule has 33 heavy (non-hydrogen) atoms. The highest BCUT2D eigenvalue weighted by molar-refractivity contribution is 7.89. The van der Waals surface area contributed by atoms with Gasteiger partial charge in [0.1, 0.15) is 6.17 Å². The number of likely N-dealkylation sites (tertiary alicyclic amines) is 1. The molecule has 0 bridgehead atoms. The molecule has 174 valence electrons. The summed E-state index contributed by atoms with van der Waals surface area (Å²) in [6.45, 7) is -0.322. The molecule has 10 nitrogen and oxygen atoms in total. The van der Waals surface area contributed by atoms with Crippen LogP contribution in [0.3, 0.4) is 0 Å². The van der Waals surface area contributed by atoms with Crippen LogP contribution >= 0.6 is 0 Å². The molecule has 3 aromatic rings. The fourth-order valence-electron chi connectivity index (χ4n) is 3.80. The Morgan fingerprint density at radius 3 is 2.55 bits per heavy atom. The van der Waals surface area contributed by atoms with E-state index in [1.165, 1.54) is 23.2 Å². The first-order valence-corrected chi connectivity index (χ1v) is 11.6. The van der Waals surface area contributed by atoms with Crippen LogP contribution < -0.4 is 20.6 Å². The number of alkyl halides is 1. The SMILES string of the molecule is NC(=O)On1cc(NC(=O)N2C[C@H](F)C[C@H]2CNS(=O)(=O)c2ccccc2)c2ccccc21. The van der Waals surface area contributed by atoms with Gasteiger partial charge in [0.25, 0.3) is 0 Å². The molecule has 12 heteroatoms. The van der Waals surface area contributed by atoms with Crippen molar-refractivity contribution >= 4 is 38.7 Å². The van der Waals surface area contributed by atoms with Crippen molar-refractivity contribution in [3.63, 3.8) is 0 Å². The molecule has 3 amide bonds. The van der Waals surface area contributed by atoms with Gasteiger partial charge in [-0.1, -0.05) is 36.4 Å². The third kappa shape index (κ3) is 4.91. The molecule has 1 fully saturated rings. The standard InChI is InChI=1S/C21H22FN5O5S/c22-14-10-15(11-24-33(30,31)16-6-2-1-3-7-16)26(12-14)21(29)25-18-13-27(32-20(23)28)19-9-5-4-8-17(18)19/h1-9,13-15,24H,10-12H2,(H2,23,28)(H,25,29)/t14-,15+/m1/s1. The Kier molecular flexibility index (Phi) is 6.20. The van der Waals surface area contributed by atoms with Gasteiger partial charge in [-0.3, -0.25) is 0 Å². The second-order valence-corrected chi connectivity index (χ2v) is 9.30. The van der Waals surface area contributed by atoms with Crippen molar-refractivity contribution in [1.82, 2.24) is 14.4 Å². The Bertz CT molecular complexity index is 1280. The first-order chi connectivity index (χ1) is 15.7. The van der Waals surface area contributed by atoms with Gasteiger partial charge >= 0.3 is 12.1 Å². The predicted octanol–water partition coefficient (Wildman–Crippen LogP) is 2.07. The van der Waals surface area contributed by atoms with Crippen molar-refractivity contribution in [2.45, 2.75) is 23.5 Å². The van der Waals surface area contributed by atoms with E-state index in [1.54, 1.807) is 42.5 Å². The number of aromatic nitrogens is 1. The number of rotatable bonds is 6. The first kappa shape index (κ1) is 22.6. The lowest BCUT2D eigenvalue weighted by Crippen LogP contribution is -2.45. The van der Waals surface area contributed by atoms with E-state index in [-0.39, 0.29) is 24.4 Å². The van der Waals surface area contributed by atoms with Gasteiger partial charge in [0, 0.05) is 24.4 Å². The second-order valence-electron chi connectivity index (χ2n) is 7.53. The van der Waals surface area contributed by atoms with Crippen molar-refractivity contribution in [3.05, 3.63) is 60.8 Å². The van der Waals surface area contributed by atoms with Crippen LogP contribution in [0, 0.1) is 0 Å². The summed E-state index contributed by atoms with van der Waals surface area (Å²) in [6.07, 6.45) is -0.943. The number of nitrogens with zero attached hydrogens (tertiary/aromatic N) is 2. The van der Waals surface area contributed by atoms with Crippen LogP contribution in [0.15, 0.2) is 65.7 Å². The fourth-order valence-corrected chi connectivity index (χ4v) is 4.89. The van der Waals surface area contributed by atoms with Gasteiger partial charge in [0.15, 0.2) is 0 Å². The van der Waals surface area contributed by atoms with Crippen molar-refractivity contribution in [2.75, 3.05) is 18.4 Å². The van der Waals surface area contributed by atoms with E-state index >= 15 is 0 Å². The molecule has 1 aromatic heterocycles. The van der Waals surface area contributed by atoms with Gasteiger partial charge in [-0.2, -0.15) is 4.73 Å². The summed E-state index contributed by atoms with van der Waals surface area (Å²) in [7, 11) is -3.80. The van der Waals surface area contributed by atoms with Gasteiger partial charge in [0.05, 0.1) is 28.8 Å². The van der Waals surface area contributed by atoms with E-state index in [9.17, 15) is 22.4 Å². The van der Waals surface area contributed by atoms with Crippen molar-refractivity contribution < 1.29 is 27.2 Å². The lowest BCUT2D eigenvalue weighted by Gasteiger charge is -2.24. The smallest absolute Gasteiger partial charge is 0.333 e. The fraction of sp³-hybridized carbons (Fsp3) is 0.238. The summed E-state index contributed by atoms with van der Waals surface area (Å²) >= 11 is 0.